The van der Waals surface area contributed by atoms with Crippen molar-refractivity contribution in [1.29, 1.82) is 5.26 Å². The van der Waals surface area contributed by atoms with Gasteiger partial charge in [0, 0.05) is 6.04 Å². The summed E-state index contributed by atoms with van der Waals surface area (Å²) < 4.78 is 0. The van der Waals surface area contributed by atoms with E-state index in [-0.39, 0.29) is 6.04 Å². The van der Waals surface area contributed by atoms with Gasteiger partial charge in [-0.25, -0.2) is 0 Å². The van der Waals surface area contributed by atoms with Crippen molar-refractivity contribution >= 4 is 0 Å². The summed E-state index contributed by atoms with van der Waals surface area (Å²) in [6.07, 6.45) is 0.953. The summed E-state index contributed by atoms with van der Waals surface area (Å²) in [5.74, 6) is 0.579. The molecule has 0 aliphatic carbocycles. The molecule has 0 fully saturated rings. The topological polar surface area (TPSA) is 49.8 Å². The second-order valence-corrected chi connectivity index (χ2v) is 3.97. The number of hydrogen-bond donors (Lipinski definition) is 1. The largest absolute Gasteiger partial charge is 0.324 e. The van der Waals surface area contributed by atoms with Crippen molar-refractivity contribution in [2.75, 3.05) is 0 Å². The molecule has 0 heterocycles. The fourth-order valence-corrected chi connectivity index (χ4v) is 1.48. The standard InChI is InChI=1S/C12H16N2/c1-9(2)6-12(14)11-5-3-4-10(7-11)8-13/h3-5,7,9,12H,6,14H2,1-2H3/t12-/m0/s1. The van der Waals surface area contributed by atoms with Gasteiger partial charge in [0.25, 0.3) is 0 Å². The van der Waals surface area contributed by atoms with Crippen molar-refractivity contribution in [2.45, 2.75) is 26.3 Å². The van der Waals surface area contributed by atoms with Crippen LogP contribution < -0.4 is 5.73 Å². The molecule has 0 amide bonds. The maximum Gasteiger partial charge on any atom is 0.0991 e. The van der Waals surface area contributed by atoms with E-state index < -0.39 is 0 Å². The van der Waals surface area contributed by atoms with Crippen molar-refractivity contribution in [3.8, 4) is 6.07 Å². The van der Waals surface area contributed by atoms with E-state index in [1.54, 1.807) is 6.07 Å². The quantitative estimate of drug-likeness (QED) is 0.792. The Hall–Kier alpha value is -1.33. The lowest BCUT2D eigenvalue weighted by atomic mass is 9.97. The molecule has 2 N–H and O–H groups in total. The lowest BCUT2D eigenvalue weighted by molar-refractivity contribution is 0.510. The van der Waals surface area contributed by atoms with E-state index in [4.69, 9.17) is 11.0 Å². The fourth-order valence-electron chi connectivity index (χ4n) is 1.48. The molecule has 0 unspecified atom stereocenters. The molecule has 0 spiro atoms. The molecule has 0 aliphatic heterocycles. The number of rotatable bonds is 3. The first-order valence-electron chi connectivity index (χ1n) is 4.89. The Morgan fingerprint density at radius 1 is 1.43 bits per heavy atom. The number of nitrogens with two attached hydrogens (primary N) is 1. The molecule has 0 aromatic heterocycles. The summed E-state index contributed by atoms with van der Waals surface area (Å²) in [4.78, 5) is 0. The number of nitriles is 1. The zero-order valence-electron chi connectivity index (χ0n) is 8.70. The molecular weight excluding hydrogens is 172 g/mol. The SMILES string of the molecule is CC(C)C[C@H](N)c1cccc(C#N)c1. The van der Waals surface area contributed by atoms with E-state index in [0.29, 0.717) is 11.5 Å². The lowest BCUT2D eigenvalue weighted by Crippen LogP contribution is -2.12. The van der Waals surface area contributed by atoms with E-state index in [1.165, 1.54) is 0 Å². The summed E-state index contributed by atoms with van der Waals surface area (Å²) in [7, 11) is 0. The van der Waals surface area contributed by atoms with Gasteiger partial charge in [0.05, 0.1) is 11.6 Å². The number of hydrogen-bond acceptors (Lipinski definition) is 2. The molecule has 1 aromatic rings. The molecule has 1 aromatic carbocycles. The van der Waals surface area contributed by atoms with Gasteiger partial charge in [0.1, 0.15) is 0 Å². The van der Waals surface area contributed by atoms with Gasteiger partial charge in [-0.2, -0.15) is 5.26 Å². The Morgan fingerprint density at radius 2 is 2.14 bits per heavy atom. The third-order valence-electron chi connectivity index (χ3n) is 2.17. The first-order valence-corrected chi connectivity index (χ1v) is 4.89. The smallest absolute Gasteiger partial charge is 0.0991 e. The molecule has 0 aliphatic rings. The van der Waals surface area contributed by atoms with Crippen LogP contribution in [0.2, 0.25) is 0 Å². The zero-order chi connectivity index (χ0) is 10.6. The predicted octanol–water partition coefficient (Wildman–Crippen LogP) is 2.60. The summed E-state index contributed by atoms with van der Waals surface area (Å²) >= 11 is 0. The molecule has 1 rings (SSSR count). The van der Waals surface area contributed by atoms with Gasteiger partial charge in [0.15, 0.2) is 0 Å². The second-order valence-electron chi connectivity index (χ2n) is 3.97. The molecule has 1 atom stereocenters. The highest BCUT2D eigenvalue weighted by Crippen LogP contribution is 2.19. The summed E-state index contributed by atoms with van der Waals surface area (Å²) in [5.41, 5.74) is 7.75. The average Bonchev–Trinajstić information content (AvgIpc) is 2.17. The maximum absolute atomic E-state index is 8.73. The highest BCUT2D eigenvalue weighted by Gasteiger charge is 2.08. The minimum Gasteiger partial charge on any atom is -0.324 e. The number of nitrogens with zero attached hydrogens (tertiary/aromatic N) is 1. The summed E-state index contributed by atoms with van der Waals surface area (Å²) in [5, 5.41) is 8.73. The van der Waals surface area contributed by atoms with Crippen molar-refractivity contribution in [3.05, 3.63) is 35.4 Å². The second kappa shape index (κ2) is 4.78. The van der Waals surface area contributed by atoms with Crippen LogP contribution in [0.4, 0.5) is 0 Å². The highest BCUT2D eigenvalue weighted by molar-refractivity contribution is 5.34. The first-order chi connectivity index (χ1) is 6.63. The van der Waals surface area contributed by atoms with Gasteiger partial charge in [0.2, 0.25) is 0 Å². The van der Waals surface area contributed by atoms with Crippen molar-refractivity contribution in [1.82, 2.24) is 0 Å². The van der Waals surface area contributed by atoms with Crippen LogP contribution in [0.1, 0.15) is 37.4 Å². The Morgan fingerprint density at radius 3 is 2.71 bits per heavy atom. The third-order valence-corrected chi connectivity index (χ3v) is 2.17. The molecule has 0 radical (unpaired) electrons. The van der Waals surface area contributed by atoms with Crippen molar-refractivity contribution < 1.29 is 0 Å². The number of benzene rings is 1. The fraction of sp³-hybridized carbons (Fsp3) is 0.417. The Bertz CT molecular complexity index is 336. The summed E-state index contributed by atoms with van der Waals surface area (Å²) in [6, 6.07) is 9.69. The van der Waals surface area contributed by atoms with Crippen LogP contribution in [0, 0.1) is 17.2 Å². The van der Waals surface area contributed by atoms with Crippen molar-refractivity contribution in [3.63, 3.8) is 0 Å². The van der Waals surface area contributed by atoms with Crippen LogP contribution in [0.5, 0.6) is 0 Å². The Kier molecular flexibility index (Phi) is 3.67. The van der Waals surface area contributed by atoms with E-state index in [9.17, 15) is 0 Å². The van der Waals surface area contributed by atoms with Gasteiger partial charge in [-0.15, -0.1) is 0 Å². The van der Waals surface area contributed by atoms with Gasteiger partial charge >= 0.3 is 0 Å². The summed E-state index contributed by atoms with van der Waals surface area (Å²) in [6.45, 7) is 4.29. The first kappa shape index (κ1) is 10.7. The molecule has 0 saturated carbocycles. The van der Waals surface area contributed by atoms with E-state index in [1.807, 2.05) is 18.2 Å². The Balaban J connectivity index is 2.80. The molecule has 2 heteroatoms. The highest BCUT2D eigenvalue weighted by atomic mass is 14.6. The molecule has 14 heavy (non-hydrogen) atoms. The van der Waals surface area contributed by atoms with Crippen LogP contribution in [-0.4, -0.2) is 0 Å². The van der Waals surface area contributed by atoms with Gasteiger partial charge in [-0.3, -0.25) is 0 Å². The third kappa shape index (κ3) is 2.86. The molecule has 0 bridgehead atoms. The predicted molar refractivity (Wildman–Crippen MR) is 57.5 cm³/mol. The minimum absolute atomic E-state index is 0.0447. The van der Waals surface area contributed by atoms with E-state index >= 15 is 0 Å². The lowest BCUT2D eigenvalue weighted by Gasteiger charge is -2.14. The normalized spacial score (nSPS) is 12.5. The zero-order valence-corrected chi connectivity index (χ0v) is 8.70. The van der Waals surface area contributed by atoms with Crippen LogP contribution in [-0.2, 0) is 0 Å². The maximum atomic E-state index is 8.73. The van der Waals surface area contributed by atoms with Gasteiger partial charge in [-0.05, 0) is 30.0 Å². The Labute approximate surface area is 85.4 Å². The van der Waals surface area contributed by atoms with Crippen LogP contribution in [0.15, 0.2) is 24.3 Å². The molecule has 0 saturated heterocycles. The molecular formula is C12H16N2. The monoisotopic (exact) mass is 188 g/mol. The van der Waals surface area contributed by atoms with Gasteiger partial charge < -0.3 is 5.73 Å². The molecule has 74 valence electrons. The van der Waals surface area contributed by atoms with Crippen LogP contribution >= 0.6 is 0 Å². The van der Waals surface area contributed by atoms with Gasteiger partial charge in [-0.1, -0.05) is 26.0 Å². The van der Waals surface area contributed by atoms with Crippen molar-refractivity contribution in [2.24, 2.45) is 11.7 Å². The average molecular weight is 188 g/mol. The molecule has 2 nitrogen and oxygen atoms in total. The van der Waals surface area contributed by atoms with E-state index in [0.717, 1.165) is 12.0 Å². The van der Waals surface area contributed by atoms with Crippen LogP contribution in [0.25, 0.3) is 0 Å². The van der Waals surface area contributed by atoms with E-state index in [2.05, 4.69) is 19.9 Å². The van der Waals surface area contributed by atoms with Crippen LogP contribution in [0.3, 0.4) is 0 Å². The minimum atomic E-state index is 0.0447.